The van der Waals surface area contributed by atoms with E-state index in [1.54, 1.807) is 0 Å². The molecule has 0 aliphatic rings. The molecule has 122 valence electrons. The maximum atomic E-state index is 10.3. The van der Waals surface area contributed by atoms with Crippen LogP contribution in [0.3, 0.4) is 0 Å². The van der Waals surface area contributed by atoms with E-state index in [1.165, 1.54) is 5.56 Å². The number of aryl methyl sites for hydroxylation is 1. The van der Waals surface area contributed by atoms with Gasteiger partial charge in [-0.25, -0.2) is 4.99 Å². The maximum Gasteiger partial charge on any atom is 0.193 e. The SMILES string of the molecule is Cc1ccc(C(O)CNC(=NCc2ccccc2)N(C)C)cc1. The van der Waals surface area contributed by atoms with Crippen molar-refractivity contribution in [2.24, 2.45) is 4.99 Å². The van der Waals surface area contributed by atoms with Gasteiger partial charge < -0.3 is 15.3 Å². The van der Waals surface area contributed by atoms with Crippen LogP contribution in [0.25, 0.3) is 0 Å². The number of aliphatic hydroxyl groups is 1. The van der Waals surface area contributed by atoms with E-state index in [1.807, 2.05) is 68.4 Å². The molecule has 2 aromatic rings. The lowest BCUT2D eigenvalue weighted by Gasteiger charge is -2.20. The van der Waals surface area contributed by atoms with E-state index in [-0.39, 0.29) is 0 Å². The Kier molecular flexibility index (Phi) is 6.18. The highest BCUT2D eigenvalue weighted by Crippen LogP contribution is 2.12. The molecule has 0 radical (unpaired) electrons. The molecule has 1 unspecified atom stereocenters. The van der Waals surface area contributed by atoms with E-state index < -0.39 is 6.10 Å². The minimum atomic E-state index is -0.558. The van der Waals surface area contributed by atoms with Crippen molar-refractivity contribution in [3.8, 4) is 0 Å². The predicted molar refractivity (Wildman–Crippen MR) is 95.4 cm³/mol. The van der Waals surface area contributed by atoms with Crippen LogP contribution in [0.15, 0.2) is 59.6 Å². The first-order valence-corrected chi connectivity index (χ1v) is 7.80. The topological polar surface area (TPSA) is 47.9 Å². The van der Waals surface area contributed by atoms with Gasteiger partial charge in [-0.1, -0.05) is 60.2 Å². The Bertz CT molecular complexity index is 621. The van der Waals surface area contributed by atoms with E-state index in [0.29, 0.717) is 13.1 Å². The van der Waals surface area contributed by atoms with Crippen molar-refractivity contribution in [3.63, 3.8) is 0 Å². The van der Waals surface area contributed by atoms with Crippen molar-refractivity contribution < 1.29 is 5.11 Å². The maximum absolute atomic E-state index is 10.3. The van der Waals surface area contributed by atoms with Crippen LogP contribution in [0.4, 0.5) is 0 Å². The summed E-state index contributed by atoms with van der Waals surface area (Å²) >= 11 is 0. The molecule has 2 N–H and O–H groups in total. The Morgan fingerprint density at radius 3 is 2.35 bits per heavy atom. The summed E-state index contributed by atoms with van der Waals surface area (Å²) in [6, 6.07) is 18.1. The van der Waals surface area contributed by atoms with Crippen LogP contribution in [-0.4, -0.2) is 36.6 Å². The molecule has 1 atom stereocenters. The second-order valence-electron chi connectivity index (χ2n) is 5.83. The van der Waals surface area contributed by atoms with Gasteiger partial charge in [0, 0.05) is 20.6 Å². The number of nitrogens with zero attached hydrogens (tertiary/aromatic N) is 2. The van der Waals surface area contributed by atoms with Crippen molar-refractivity contribution in [2.75, 3.05) is 20.6 Å². The molecule has 0 fully saturated rings. The smallest absolute Gasteiger partial charge is 0.193 e. The third-order valence-electron chi connectivity index (χ3n) is 3.59. The molecule has 4 heteroatoms. The lowest BCUT2D eigenvalue weighted by Crippen LogP contribution is -2.38. The fraction of sp³-hybridized carbons (Fsp3) is 0.316. The molecule has 0 amide bonds. The molecule has 23 heavy (non-hydrogen) atoms. The van der Waals surface area contributed by atoms with Gasteiger partial charge in [-0.2, -0.15) is 0 Å². The van der Waals surface area contributed by atoms with Crippen LogP contribution in [-0.2, 0) is 6.54 Å². The molecule has 0 spiro atoms. The largest absolute Gasteiger partial charge is 0.387 e. The van der Waals surface area contributed by atoms with E-state index in [2.05, 4.69) is 22.4 Å². The zero-order valence-corrected chi connectivity index (χ0v) is 14.0. The van der Waals surface area contributed by atoms with Crippen molar-refractivity contribution in [2.45, 2.75) is 19.6 Å². The van der Waals surface area contributed by atoms with Crippen molar-refractivity contribution in [1.29, 1.82) is 0 Å². The molecule has 0 saturated carbocycles. The third-order valence-corrected chi connectivity index (χ3v) is 3.59. The predicted octanol–water partition coefficient (Wildman–Crippen LogP) is 2.74. The molecule has 0 aliphatic carbocycles. The molecule has 2 aromatic carbocycles. The molecular formula is C19H25N3O. The second kappa shape index (κ2) is 8.34. The number of nitrogens with one attached hydrogen (secondary N) is 1. The lowest BCUT2D eigenvalue weighted by atomic mass is 10.1. The first-order chi connectivity index (χ1) is 11.1. The van der Waals surface area contributed by atoms with Crippen molar-refractivity contribution in [1.82, 2.24) is 10.2 Å². The average molecular weight is 311 g/mol. The van der Waals surface area contributed by atoms with E-state index in [9.17, 15) is 5.11 Å². The van der Waals surface area contributed by atoms with Gasteiger partial charge in [0.1, 0.15) is 0 Å². The quantitative estimate of drug-likeness (QED) is 0.659. The van der Waals surface area contributed by atoms with E-state index in [0.717, 1.165) is 17.1 Å². The summed E-state index contributed by atoms with van der Waals surface area (Å²) in [5.41, 5.74) is 3.25. The molecule has 0 heterocycles. The van der Waals surface area contributed by atoms with Crippen LogP contribution in [0.1, 0.15) is 22.8 Å². The van der Waals surface area contributed by atoms with Gasteiger partial charge in [0.05, 0.1) is 12.6 Å². The summed E-state index contributed by atoms with van der Waals surface area (Å²) in [6.45, 7) is 3.08. The number of aliphatic imine (C=N–C) groups is 1. The number of benzene rings is 2. The van der Waals surface area contributed by atoms with Gasteiger partial charge in [0.25, 0.3) is 0 Å². The Labute approximate surface area is 138 Å². The van der Waals surface area contributed by atoms with Crippen molar-refractivity contribution in [3.05, 3.63) is 71.3 Å². The zero-order valence-electron chi connectivity index (χ0n) is 14.0. The lowest BCUT2D eigenvalue weighted by molar-refractivity contribution is 0.180. The number of aliphatic hydroxyl groups excluding tert-OH is 1. The third kappa shape index (κ3) is 5.42. The average Bonchev–Trinajstić information content (AvgIpc) is 2.56. The van der Waals surface area contributed by atoms with Crippen LogP contribution < -0.4 is 5.32 Å². The minimum Gasteiger partial charge on any atom is -0.387 e. The molecule has 4 nitrogen and oxygen atoms in total. The summed E-state index contributed by atoms with van der Waals surface area (Å²) in [5.74, 6) is 0.764. The number of rotatable bonds is 5. The van der Waals surface area contributed by atoms with Gasteiger partial charge in [-0.15, -0.1) is 0 Å². The van der Waals surface area contributed by atoms with Gasteiger partial charge in [0.2, 0.25) is 0 Å². The summed E-state index contributed by atoms with van der Waals surface area (Å²) < 4.78 is 0. The zero-order chi connectivity index (χ0) is 16.7. The Morgan fingerprint density at radius 1 is 1.09 bits per heavy atom. The minimum absolute atomic E-state index is 0.425. The van der Waals surface area contributed by atoms with Gasteiger partial charge in [-0.05, 0) is 18.1 Å². The van der Waals surface area contributed by atoms with Gasteiger partial charge in [0.15, 0.2) is 5.96 Å². The first kappa shape index (κ1) is 17.0. The van der Waals surface area contributed by atoms with Crippen LogP contribution >= 0.6 is 0 Å². The molecule has 0 aromatic heterocycles. The number of hydrogen-bond donors (Lipinski definition) is 2. The van der Waals surface area contributed by atoms with E-state index in [4.69, 9.17) is 0 Å². The summed E-state index contributed by atoms with van der Waals surface area (Å²) in [5, 5.41) is 13.5. The molecular weight excluding hydrogens is 286 g/mol. The normalized spacial score (nSPS) is 12.8. The molecule has 0 aliphatic heterocycles. The summed E-state index contributed by atoms with van der Waals surface area (Å²) in [4.78, 5) is 6.52. The Morgan fingerprint density at radius 2 is 1.74 bits per heavy atom. The number of guanidine groups is 1. The highest BCUT2D eigenvalue weighted by Gasteiger charge is 2.09. The molecule has 0 saturated heterocycles. The first-order valence-electron chi connectivity index (χ1n) is 7.80. The summed E-state index contributed by atoms with van der Waals surface area (Å²) in [7, 11) is 3.88. The number of hydrogen-bond acceptors (Lipinski definition) is 2. The second-order valence-corrected chi connectivity index (χ2v) is 5.83. The fourth-order valence-corrected chi connectivity index (χ4v) is 2.20. The molecule has 2 rings (SSSR count). The Balaban J connectivity index is 1.95. The molecule has 0 bridgehead atoms. The van der Waals surface area contributed by atoms with Crippen LogP contribution in [0, 0.1) is 6.92 Å². The highest BCUT2D eigenvalue weighted by molar-refractivity contribution is 5.79. The van der Waals surface area contributed by atoms with Crippen molar-refractivity contribution >= 4 is 5.96 Å². The summed E-state index contributed by atoms with van der Waals surface area (Å²) in [6.07, 6.45) is -0.558. The Hall–Kier alpha value is -2.33. The standard InChI is InChI=1S/C19H25N3O/c1-15-9-11-17(12-10-15)18(23)14-21-19(22(2)3)20-13-16-7-5-4-6-8-16/h4-12,18,23H,13-14H2,1-3H3,(H,20,21). The fourth-order valence-electron chi connectivity index (χ4n) is 2.20. The van der Waals surface area contributed by atoms with Gasteiger partial charge in [-0.3, -0.25) is 0 Å². The van der Waals surface area contributed by atoms with Gasteiger partial charge >= 0.3 is 0 Å². The van der Waals surface area contributed by atoms with E-state index >= 15 is 0 Å². The monoisotopic (exact) mass is 311 g/mol. The highest BCUT2D eigenvalue weighted by atomic mass is 16.3. The van der Waals surface area contributed by atoms with Crippen LogP contribution in [0.5, 0.6) is 0 Å². The van der Waals surface area contributed by atoms with Crippen LogP contribution in [0.2, 0.25) is 0 Å².